The minimum atomic E-state index is -4.61. The standard InChI is InChI=1S/C18H17F3N4O2/c19-18(20,21)16-14-9-13(27-12-6-4-11(22)5-7-12)10-23-17(14)25(24-16)15-3-1-2-8-26-15/h4-7,9-10,15H,1-3,8,22H2. The van der Waals surface area contributed by atoms with Gasteiger partial charge in [-0.05, 0) is 49.6 Å². The van der Waals surface area contributed by atoms with Gasteiger partial charge in [-0.3, -0.25) is 0 Å². The van der Waals surface area contributed by atoms with Gasteiger partial charge in [0.25, 0.3) is 0 Å². The molecule has 27 heavy (non-hydrogen) atoms. The van der Waals surface area contributed by atoms with Gasteiger partial charge in [-0.2, -0.15) is 18.3 Å². The zero-order chi connectivity index (χ0) is 19.0. The molecule has 1 atom stereocenters. The first-order valence-corrected chi connectivity index (χ1v) is 8.52. The maximum Gasteiger partial charge on any atom is 0.435 e. The summed E-state index contributed by atoms with van der Waals surface area (Å²) in [5.74, 6) is 0.629. The van der Waals surface area contributed by atoms with Crippen molar-refractivity contribution in [2.75, 3.05) is 12.3 Å². The van der Waals surface area contributed by atoms with E-state index >= 15 is 0 Å². The summed E-state index contributed by atoms with van der Waals surface area (Å²) in [6.45, 7) is 0.492. The molecule has 1 saturated heterocycles. The summed E-state index contributed by atoms with van der Waals surface area (Å²) in [6.07, 6.45) is -1.44. The number of aromatic nitrogens is 3. The van der Waals surface area contributed by atoms with Crippen molar-refractivity contribution < 1.29 is 22.6 Å². The van der Waals surface area contributed by atoms with Gasteiger partial charge in [0.1, 0.15) is 11.5 Å². The van der Waals surface area contributed by atoms with E-state index in [4.69, 9.17) is 15.2 Å². The molecule has 0 aliphatic carbocycles. The van der Waals surface area contributed by atoms with Gasteiger partial charge in [-0.15, -0.1) is 0 Å². The molecule has 1 fully saturated rings. The van der Waals surface area contributed by atoms with Crippen LogP contribution < -0.4 is 10.5 Å². The quantitative estimate of drug-likeness (QED) is 0.678. The van der Waals surface area contributed by atoms with Gasteiger partial charge >= 0.3 is 6.18 Å². The summed E-state index contributed by atoms with van der Waals surface area (Å²) in [5.41, 5.74) is 5.31. The zero-order valence-corrected chi connectivity index (χ0v) is 14.2. The van der Waals surface area contributed by atoms with Crippen molar-refractivity contribution >= 4 is 16.7 Å². The smallest absolute Gasteiger partial charge is 0.435 e. The highest BCUT2D eigenvalue weighted by atomic mass is 19.4. The molecule has 1 aromatic carbocycles. The fourth-order valence-electron chi connectivity index (χ4n) is 3.06. The Balaban J connectivity index is 1.75. The number of hydrogen-bond donors (Lipinski definition) is 1. The van der Waals surface area contributed by atoms with Gasteiger partial charge < -0.3 is 15.2 Å². The molecule has 0 saturated carbocycles. The summed E-state index contributed by atoms with van der Waals surface area (Å²) >= 11 is 0. The van der Waals surface area contributed by atoms with E-state index in [1.807, 2.05) is 0 Å². The molecule has 0 radical (unpaired) electrons. The Morgan fingerprint density at radius 2 is 1.93 bits per heavy atom. The maximum absolute atomic E-state index is 13.5. The second-order valence-corrected chi connectivity index (χ2v) is 6.33. The minimum absolute atomic E-state index is 0.121. The number of rotatable bonds is 3. The lowest BCUT2D eigenvalue weighted by Gasteiger charge is -2.23. The highest BCUT2D eigenvalue weighted by Crippen LogP contribution is 2.37. The van der Waals surface area contributed by atoms with Gasteiger partial charge in [-0.25, -0.2) is 9.67 Å². The number of ether oxygens (including phenoxy) is 2. The van der Waals surface area contributed by atoms with E-state index in [0.29, 0.717) is 24.5 Å². The van der Waals surface area contributed by atoms with Gasteiger partial charge in [0.15, 0.2) is 17.6 Å². The average Bonchev–Trinajstić information content (AvgIpc) is 3.04. The first kappa shape index (κ1) is 17.6. The number of fused-ring (bicyclic) bond motifs is 1. The zero-order valence-electron chi connectivity index (χ0n) is 14.2. The maximum atomic E-state index is 13.5. The Kier molecular flexibility index (Phi) is 4.39. The van der Waals surface area contributed by atoms with Crippen LogP contribution in [0.5, 0.6) is 11.5 Å². The predicted molar refractivity (Wildman–Crippen MR) is 92.3 cm³/mol. The van der Waals surface area contributed by atoms with Crippen LogP contribution >= 0.6 is 0 Å². The Bertz CT molecular complexity index is 948. The molecule has 0 bridgehead atoms. The Labute approximate surface area is 152 Å². The molecule has 2 aromatic heterocycles. The number of hydrogen-bond acceptors (Lipinski definition) is 5. The predicted octanol–water partition coefficient (Wildman–Crippen LogP) is 4.52. The summed E-state index contributed by atoms with van der Waals surface area (Å²) in [7, 11) is 0. The number of nitrogen functional groups attached to an aromatic ring is 1. The van der Waals surface area contributed by atoms with Crippen LogP contribution in [0.25, 0.3) is 11.0 Å². The van der Waals surface area contributed by atoms with Crippen molar-refractivity contribution in [2.45, 2.75) is 31.7 Å². The van der Waals surface area contributed by atoms with E-state index in [2.05, 4.69) is 10.1 Å². The van der Waals surface area contributed by atoms with Crippen LogP contribution in [0.3, 0.4) is 0 Å². The van der Waals surface area contributed by atoms with Crippen molar-refractivity contribution in [2.24, 2.45) is 0 Å². The van der Waals surface area contributed by atoms with Gasteiger partial charge in [0.2, 0.25) is 0 Å². The third-order valence-electron chi connectivity index (χ3n) is 4.33. The van der Waals surface area contributed by atoms with E-state index in [1.165, 1.54) is 16.9 Å². The molecule has 1 aliphatic heterocycles. The molecule has 9 heteroatoms. The van der Waals surface area contributed by atoms with E-state index in [-0.39, 0.29) is 16.8 Å². The fourth-order valence-corrected chi connectivity index (χ4v) is 3.06. The van der Waals surface area contributed by atoms with E-state index in [0.717, 1.165) is 12.8 Å². The third kappa shape index (κ3) is 3.55. The van der Waals surface area contributed by atoms with Crippen LogP contribution in [0.4, 0.5) is 18.9 Å². The molecule has 142 valence electrons. The van der Waals surface area contributed by atoms with Crippen molar-refractivity contribution in [3.8, 4) is 11.5 Å². The molecule has 2 N–H and O–H groups in total. The van der Waals surface area contributed by atoms with E-state index < -0.39 is 18.1 Å². The van der Waals surface area contributed by atoms with Crippen molar-refractivity contribution in [1.82, 2.24) is 14.8 Å². The van der Waals surface area contributed by atoms with Crippen molar-refractivity contribution in [1.29, 1.82) is 0 Å². The number of alkyl halides is 3. The van der Waals surface area contributed by atoms with Crippen molar-refractivity contribution in [3.63, 3.8) is 0 Å². The highest BCUT2D eigenvalue weighted by Gasteiger charge is 2.38. The molecule has 3 heterocycles. The number of benzene rings is 1. The summed E-state index contributed by atoms with van der Waals surface area (Å²) in [5, 5.41) is 3.66. The highest BCUT2D eigenvalue weighted by molar-refractivity contribution is 5.80. The van der Waals surface area contributed by atoms with Gasteiger partial charge in [0.05, 0.1) is 11.6 Å². The van der Waals surface area contributed by atoms with Gasteiger partial charge in [-0.1, -0.05) is 0 Å². The normalized spacial score (nSPS) is 18.0. The lowest BCUT2D eigenvalue weighted by molar-refractivity contribution is -0.141. The van der Waals surface area contributed by atoms with E-state index in [1.54, 1.807) is 24.3 Å². The molecule has 3 aromatic rings. The topological polar surface area (TPSA) is 75.2 Å². The second kappa shape index (κ2) is 6.73. The molecule has 1 unspecified atom stereocenters. The Hall–Kier alpha value is -2.81. The molecule has 0 spiro atoms. The number of halogens is 3. The van der Waals surface area contributed by atoms with Crippen LogP contribution in [-0.2, 0) is 10.9 Å². The van der Waals surface area contributed by atoms with Crippen LogP contribution in [0.1, 0.15) is 31.2 Å². The van der Waals surface area contributed by atoms with Crippen LogP contribution in [-0.4, -0.2) is 21.4 Å². The van der Waals surface area contributed by atoms with Gasteiger partial charge in [0, 0.05) is 12.3 Å². The van der Waals surface area contributed by atoms with Crippen LogP contribution in [0.2, 0.25) is 0 Å². The van der Waals surface area contributed by atoms with Crippen LogP contribution in [0, 0.1) is 0 Å². The summed E-state index contributed by atoms with van der Waals surface area (Å²) in [4.78, 5) is 4.17. The molecule has 0 amide bonds. The number of anilines is 1. The lowest BCUT2D eigenvalue weighted by Crippen LogP contribution is -2.20. The third-order valence-corrected chi connectivity index (χ3v) is 4.33. The number of nitrogens with zero attached hydrogens (tertiary/aromatic N) is 3. The monoisotopic (exact) mass is 378 g/mol. The molecule has 1 aliphatic rings. The largest absolute Gasteiger partial charge is 0.456 e. The number of pyridine rings is 1. The first-order valence-electron chi connectivity index (χ1n) is 8.52. The average molecular weight is 378 g/mol. The second-order valence-electron chi connectivity index (χ2n) is 6.33. The SMILES string of the molecule is Nc1ccc(Oc2cnc3c(c2)c(C(F)(F)F)nn3C2CCCCO2)cc1. The molecule has 6 nitrogen and oxygen atoms in total. The van der Waals surface area contributed by atoms with Crippen LogP contribution in [0.15, 0.2) is 36.5 Å². The molecule has 4 rings (SSSR count). The fraction of sp³-hybridized carbons (Fsp3) is 0.333. The van der Waals surface area contributed by atoms with E-state index in [9.17, 15) is 13.2 Å². The minimum Gasteiger partial charge on any atom is -0.456 e. The Morgan fingerprint density at radius 1 is 1.15 bits per heavy atom. The molecular weight excluding hydrogens is 361 g/mol. The molecular formula is C18H17F3N4O2. The Morgan fingerprint density at radius 3 is 2.59 bits per heavy atom. The van der Waals surface area contributed by atoms with Crippen molar-refractivity contribution in [3.05, 3.63) is 42.2 Å². The number of nitrogens with two attached hydrogens (primary N) is 1. The summed E-state index contributed by atoms with van der Waals surface area (Å²) in [6, 6.07) is 7.84. The first-order chi connectivity index (χ1) is 12.9. The summed E-state index contributed by atoms with van der Waals surface area (Å²) < 4.78 is 52.9. The lowest BCUT2D eigenvalue weighted by atomic mass is 10.2.